The summed E-state index contributed by atoms with van der Waals surface area (Å²) < 4.78 is 0. The van der Waals surface area contributed by atoms with Gasteiger partial charge in [0.15, 0.2) is 0 Å². The average molecular weight is 401 g/mol. The molecule has 0 spiro atoms. The van der Waals surface area contributed by atoms with Gasteiger partial charge in [-0.3, -0.25) is 4.79 Å². The Hall–Kier alpha value is -3.31. The Morgan fingerprint density at radius 1 is 0.867 bits per heavy atom. The quantitative estimate of drug-likeness (QED) is 0.576. The van der Waals surface area contributed by atoms with Crippen molar-refractivity contribution in [3.05, 3.63) is 90.0 Å². The van der Waals surface area contributed by atoms with Gasteiger partial charge in [-0.05, 0) is 54.8 Å². The van der Waals surface area contributed by atoms with Crippen LogP contribution in [0.5, 0.6) is 0 Å². The highest BCUT2D eigenvalue weighted by Gasteiger charge is 2.19. The minimum absolute atomic E-state index is 0.157. The SMILES string of the molecule is Nc1ccccc1NC(=O)c1ccc(CN(c2ccccc2)N2CCCCC2)cc1. The number of nitrogens with zero attached hydrogens (tertiary/aromatic N) is 2. The highest BCUT2D eigenvalue weighted by Crippen LogP contribution is 2.23. The second-order valence-corrected chi connectivity index (χ2v) is 7.65. The normalized spacial score (nSPS) is 14.3. The Bertz CT molecular complexity index is 966. The van der Waals surface area contributed by atoms with Crippen molar-refractivity contribution in [2.75, 3.05) is 29.1 Å². The monoisotopic (exact) mass is 400 g/mol. The molecule has 0 radical (unpaired) electrons. The molecular weight excluding hydrogens is 372 g/mol. The maximum atomic E-state index is 12.6. The number of hydrogen-bond donors (Lipinski definition) is 2. The fourth-order valence-electron chi connectivity index (χ4n) is 3.81. The van der Waals surface area contributed by atoms with Gasteiger partial charge in [-0.1, -0.05) is 48.9 Å². The molecule has 5 heteroatoms. The summed E-state index contributed by atoms with van der Waals surface area (Å²) in [7, 11) is 0. The summed E-state index contributed by atoms with van der Waals surface area (Å²) >= 11 is 0. The van der Waals surface area contributed by atoms with Crippen LogP contribution in [-0.4, -0.2) is 24.0 Å². The summed E-state index contributed by atoms with van der Waals surface area (Å²) in [6.45, 7) is 2.93. The number of para-hydroxylation sites is 3. The number of benzene rings is 3. The lowest BCUT2D eigenvalue weighted by Gasteiger charge is -2.39. The van der Waals surface area contributed by atoms with Crippen LogP contribution in [0.3, 0.4) is 0 Å². The van der Waals surface area contributed by atoms with E-state index in [-0.39, 0.29) is 5.91 Å². The number of carbonyl (C=O) groups excluding carboxylic acids is 1. The summed E-state index contributed by atoms with van der Waals surface area (Å²) in [5.74, 6) is -0.157. The number of nitrogens with two attached hydrogens (primary N) is 1. The molecule has 1 fully saturated rings. The van der Waals surface area contributed by atoms with Crippen LogP contribution in [0, 0.1) is 0 Å². The number of anilines is 3. The molecule has 0 bridgehead atoms. The third-order valence-corrected chi connectivity index (χ3v) is 5.49. The van der Waals surface area contributed by atoms with Gasteiger partial charge >= 0.3 is 0 Å². The number of nitrogens with one attached hydrogen (secondary N) is 1. The minimum Gasteiger partial charge on any atom is -0.397 e. The predicted molar refractivity (Wildman–Crippen MR) is 123 cm³/mol. The van der Waals surface area contributed by atoms with Crippen molar-refractivity contribution in [1.29, 1.82) is 0 Å². The maximum Gasteiger partial charge on any atom is 0.255 e. The summed E-state index contributed by atoms with van der Waals surface area (Å²) in [6, 6.07) is 25.6. The summed E-state index contributed by atoms with van der Waals surface area (Å²) in [6.07, 6.45) is 3.75. The van der Waals surface area contributed by atoms with E-state index in [2.05, 4.69) is 39.6 Å². The molecule has 0 atom stereocenters. The van der Waals surface area contributed by atoms with Crippen molar-refractivity contribution >= 4 is 23.0 Å². The van der Waals surface area contributed by atoms with Crippen molar-refractivity contribution in [1.82, 2.24) is 5.01 Å². The molecule has 30 heavy (non-hydrogen) atoms. The Morgan fingerprint density at radius 2 is 1.53 bits per heavy atom. The molecule has 3 N–H and O–H groups in total. The Morgan fingerprint density at radius 3 is 2.23 bits per heavy atom. The van der Waals surface area contributed by atoms with Crippen LogP contribution in [0.15, 0.2) is 78.9 Å². The van der Waals surface area contributed by atoms with Crippen LogP contribution < -0.4 is 16.1 Å². The Balaban J connectivity index is 1.48. The first-order chi connectivity index (χ1) is 14.7. The fourth-order valence-corrected chi connectivity index (χ4v) is 3.81. The van der Waals surface area contributed by atoms with Gasteiger partial charge in [0.2, 0.25) is 0 Å². The van der Waals surface area contributed by atoms with E-state index in [1.807, 2.05) is 42.5 Å². The molecule has 3 aromatic carbocycles. The standard InChI is InChI=1S/C25H28N4O/c26-23-11-5-6-12-24(23)27-25(30)21-15-13-20(14-16-21)19-29(22-9-3-1-4-10-22)28-17-7-2-8-18-28/h1,3-6,9-16H,2,7-8,17-19,26H2,(H,27,30). The molecule has 5 nitrogen and oxygen atoms in total. The molecule has 0 saturated carbocycles. The van der Waals surface area contributed by atoms with Gasteiger partial charge in [0.05, 0.1) is 23.6 Å². The maximum absolute atomic E-state index is 12.6. The van der Waals surface area contributed by atoms with Crippen molar-refractivity contribution in [2.24, 2.45) is 0 Å². The van der Waals surface area contributed by atoms with E-state index in [0.717, 1.165) is 19.6 Å². The minimum atomic E-state index is -0.157. The van der Waals surface area contributed by atoms with Crippen LogP contribution in [0.4, 0.5) is 17.1 Å². The number of amides is 1. The first-order valence-electron chi connectivity index (χ1n) is 10.5. The van der Waals surface area contributed by atoms with Crippen LogP contribution in [-0.2, 0) is 6.54 Å². The molecule has 0 unspecified atom stereocenters. The average Bonchev–Trinajstić information content (AvgIpc) is 2.80. The zero-order valence-electron chi connectivity index (χ0n) is 17.1. The molecule has 1 heterocycles. The van der Waals surface area contributed by atoms with Gasteiger partial charge in [-0.25, -0.2) is 5.01 Å². The zero-order chi connectivity index (χ0) is 20.8. The van der Waals surface area contributed by atoms with E-state index in [9.17, 15) is 4.79 Å². The molecule has 3 aromatic rings. The molecular formula is C25H28N4O. The van der Waals surface area contributed by atoms with Gasteiger partial charge < -0.3 is 16.1 Å². The van der Waals surface area contributed by atoms with Crippen LogP contribution in [0.25, 0.3) is 0 Å². The summed E-state index contributed by atoms with van der Waals surface area (Å²) in [4.78, 5) is 12.6. The van der Waals surface area contributed by atoms with Crippen LogP contribution in [0.2, 0.25) is 0 Å². The molecule has 1 aliphatic rings. The van der Waals surface area contributed by atoms with Gasteiger partial charge in [-0.15, -0.1) is 0 Å². The zero-order valence-corrected chi connectivity index (χ0v) is 17.1. The van der Waals surface area contributed by atoms with Gasteiger partial charge in [0.1, 0.15) is 0 Å². The summed E-state index contributed by atoms with van der Waals surface area (Å²) in [5, 5.41) is 7.68. The van der Waals surface area contributed by atoms with Gasteiger partial charge in [0.25, 0.3) is 5.91 Å². The Kier molecular flexibility index (Phi) is 6.30. The van der Waals surface area contributed by atoms with Gasteiger partial charge in [0, 0.05) is 18.7 Å². The lowest BCUT2D eigenvalue weighted by atomic mass is 10.1. The number of carbonyl (C=O) groups is 1. The number of hydrogen-bond acceptors (Lipinski definition) is 4. The van der Waals surface area contributed by atoms with E-state index in [1.165, 1.54) is 30.5 Å². The smallest absolute Gasteiger partial charge is 0.255 e. The highest BCUT2D eigenvalue weighted by molar-refractivity contribution is 6.05. The van der Waals surface area contributed by atoms with E-state index < -0.39 is 0 Å². The van der Waals surface area contributed by atoms with Crippen molar-refractivity contribution in [2.45, 2.75) is 25.8 Å². The molecule has 4 rings (SSSR count). The van der Waals surface area contributed by atoms with Gasteiger partial charge in [-0.2, -0.15) is 0 Å². The second kappa shape index (κ2) is 9.46. The second-order valence-electron chi connectivity index (χ2n) is 7.65. The number of rotatable bonds is 6. The molecule has 1 saturated heterocycles. The summed E-state index contributed by atoms with van der Waals surface area (Å²) in [5.41, 5.74) is 10.1. The third-order valence-electron chi connectivity index (χ3n) is 5.49. The predicted octanol–water partition coefficient (Wildman–Crippen LogP) is 4.93. The lowest BCUT2D eigenvalue weighted by molar-refractivity contribution is 0.102. The van der Waals surface area contributed by atoms with Crippen molar-refractivity contribution in [3.63, 3.8) is 0 Å². The topological polar surface area (TPSA) is 61.6 Å². The van der Waals surface area contributed by atoms with Crippen molar-refractivity contribution in [3.8, 4) is 0 Å². The fraction of sp³-hybridized carbons (Fsp3) is 0.240. The van der Waals surface area contributed by atoms with Crippen LogP contribution in [0.1, 0.15) is 35.2 Å². The van der Waals surface area contributed by atoms with Crippen LogP contribution >= 0.6 is 0 Å². The van der Waals surface area contributed by atoms with Crippen molar-refractivity contribution < 1.29 is 4.79 Å². The molecule has 0 aliphatic carbocycles. The van der Waals surface area contributed by atoms with E-state index in [0.29, 0.717) is 16.9 Å². The lowest BCUT2D eigenvalue weighted by Crippen LogP contribution is -2.45. The van der Waals surface area contributed by atoms with E-state index in [4.69, 9.17) is 5.73 Å². The third kappa shape index (κ3) is 4.81. The number of hydrazine groups is 1. The number of nitrogen functional groups attached to an aromatic ring is 1. The molecule has 1 aliphatic heterocycles. The van der Waals surface area contributed by atoms with E-state index in [1.54, 1.807) is 12.1 Å². The molecule has 1 amide bonds. The largest absolute Gasteiger partial charge is 0.397 e. The number of piperidine rings is 1. The Labute approximate surface area is 178 Å². The highest BCUT2D eigenvalue weighted by atomic mass is 16.1. The first kappa shape index (κ1) is 20.0. The first-order valence-corrected chi connectivity index (χ1v) is 10.5. The molecule has 0 aromatic heterocycles. The molecule has 154 valence electrons. The van der Waals surface area contributed by atoms with E-state index >= 15 is 0 Å².